The number of rotatable bonds is 0. The van der Waals surface area contributed by atoms with Gasteiger partial charge >= 0.3 is 49.8 Å². The Bertz CT molecular complexity index is 22.8. The van der Waals surface area contributed by atoms with E-state index >= 15 is 0 Å². The molecular weight excluding hydrogens is 396 g/mol. The van der Waals surface area contributed by atoms with Crippen molar-refractivity contribution in [3.63, 3.8) is 0 Å². The molecule has 0 saturated carbocycles. The molecule has 0 atom stereocenters. The molecule has 0 bridgehead atoms. The first-order valence-corrected chi connectivity index (χ1v) is 10.5. The molecule has 0 aliphatic heterocycles. The SMILES string of the molecule is C=CC.[I][Pd][I]. The summed E-state index contributed by atoms with van der Waals surface area (Å²) >= 11 is 4.65. The molecule has 3 heteroatoms. The average Bonchev–Trinajstić information content (AvgIpc) is 1.39. The van der Waals surface area contributed by atoms with E-state index in [1.54, 1.807) is 6.08 Å². The van der Waals surface area contributed by atoms with Crippen LogP contribution < -0.4 is 0 Å². The van der Waals surface area contributed by atoms with E-state index in [0.717, 1.165) is 10.8 Å². The molecule has 0 unspecified atom stereocenters. The summed E-state index contributed by atoms with van der Waals surface area (Å²) in [7, 11) is 0.890. The predicted octanol–water partition coefficient (Wildman–Crippen LogP) is 2.96. The standard InChI is InChI=1S/C3H6.2HI.Pd/c1-3-2;;;/h3H,1H2,2H3;2*1H;/q;;;+2/p-2. The molecule has 0 rings (SSSR count). The Morgan fingerprint density at radius 2 is 1.67 bits per heavy atom. The van der Waals surface area contributed by atoms with Crippen molar-refractivity contribution in [3.8, 4) is 0 Å². The molecule has 0 N–H and O–H groups in total. The first-order valence-electron chi connectivity index (χ1n) is 1.22. The van der Waals surface area contributed by atoms with Gasteiger partial charge in [-0.2, -0.15) is 0 Å². The predicted molar refractivity (Wildman–Crippen MR) is 43.9 cm³/mol. The van der Waals surface area contributed by atoms with Crippen LogP contribution in [0.1, 0.15) is 6.92 Å². The van der Waals surface area contributed by atoms with Crippen molar-refractivity contribution in [2.75, 3.05) is 0 Å². The average molecular weight is 402 g/mol. The third kappa shape index (κ3) is 40.0. The van der Waals surface area contributed by atoms with Crippen molar-refractivity contribution >= 4 is 39.0 Å². The van der Waals surface area contributed by atoms with E-state index < -0.39 is 0 Å². The van der Waals surface area contributed by atoms with E-state index in [-0.39, 0.29) is 0 Å². The summed E-state index contributed by atoms with van der Waals surface area (Å²) in [4.78, 5) is 0. The van der Waals surface area contributed by atoms with Crippen molar-refractivity contribution in [1.82, 2.24) is 0 Å². The summed E-state index contributed by atoms with van der Waals surface area (Å²) in [5, 5.41) is 0. The fraction of sp³-hybridized carbons (Fsp3) is 0.333. The van der Waals surface area contributed by atoms with Crippen LogP contribution in [-0.4, -0.2) is 0 Å². The van der Waals surface area contributed by atoms with Crippen LogP contribution in [-0.2, 0) is 10.8 Å². The molecule has 6 heavy (non-hydrogen) atoms. The van der Waals surface area contributed by atoms with Gasteiger partial charge in [0.25, 0.3) is 0 Å². The zero-order valence-electron chi connectivity index (χ0n) is 3.36. The maximum atomic E-state index is 3.36. The number of hydrogen-bond acceptors (Lipinski definition) is 0. The van der Waals surface area contributed by atoms with E-state index in [1.807, 2.05) is 6.92 Å². The maximum absolute atomic E-state index is 3.36. The Labute approximate surface area is 68.3 Å². The second kappa shape index (κ2) is 15.8. The van der Waals surface area contributed by atoms with Crippen LogP contribution in [0.4, 0.5) is 0 Å². The van der Waals surface area contributed by atoms with Gasteiger partial charge in [-0.15, -0.1) is 6.58 Å². The summed E-state index contributed by atoms with van der Waals surface area (Å²) in [5.41, 5.74) is 0. The molecule has 0 fully saturated rings. The molecular formula is C3H6I2Pd. The van der Waals surface area contributed by atoms with E-state index in [1.165, 1.54) is 0 Å². The topological polar surface area (TPSA) is 0 Å². The Morgan fingerprint density at radius 1 is 1.67 bits per heavy atom. The zero-order chi connectivity index (χ0) is 5.41. The van der Waals surface area contributed by atoms with E-state index in [0.29, 0.717) is 0 Å². The monoisotopic (exact) mass is 402 g/mol. The quantitative estimate of drug-likeness (QED) is 0.332. The third-order valence-electron chi connectivity index (χ3n) is 0. The molecule has 0 aliphatic rings. The minimum atomic E-state index is 0.890. The molecule has 0 heterocycles. The summed E-state index contributed by atoms with van der Waals surface area (Å²) in [5.74, 6) is 0. The van der Waals surface area contributed by atoms with Gasteiger partial charge in [-0.05, 0) is 6.92 Å². The molecule has 0 radical (unpaired) electrons. The van der Waals surface area contributed by atoms with Gasteiger partial charge in [-0.25, -0.2) is 0 Å². The molecule has 0 aromatic rings. The first-order chi connectivity index (χ1) is 2.83. The van der Waals surface area contributed by atoms with Gasteiger partial charge < -0.3 is 0 Å². The van der Waals surface area contributed by atoms with Gasteiger partial charge in [0.05, 0.1) is 0 Å². The molecule has 0 aromatic carbocycles. The third-order valence-corrected chi connectivity index (χ3v) is 0. The minimum absolute atomic E-state index is 0.890. The van der Waals surface area contributed by atoms with Crippen LogP contribution in [0, 0.1) is 0 Å². The van der Waals surface area contributed by atoms with Crippen LogP contribution in [0.25, 0.3) is 0 Å². The molecule has 0 saturated heterocycles. The van der Waals surface area contributed by atoms with Gasteiger partial charge in [-0.1, -0.05) is 6.08 Å². The van der Waals surface area contributed by atoms with Gasteiger partial charge in [0.15, 0.2) is 0 Å². The van der Waals surface area contributed by atoms with Gasteiger partial charge in [0.2, 0.25) is 0 Å². The molecule has 0 spiro atoms. The molecule has 0 aliphatic carbocycles. The summed E-state index contributed by atoms with van der Waals surface area (Å²) < 4.78 is 0. The molecule has 42 valence electrons. The van der Waals surface area contributed by atoms with E-state index in [2.05, 4.69) is 45.6 Å². The second-order valence-corrected chi connectivity index (χ2v) is 12.4. The Hall–Kier alpha value is 1.86. The number of hydrogen-bond donors (Lipinski definition) is 0. The molecule has 0 amide bonds. The van der Waals surface area contributed by atoms with Crippen LogP contribution in [0.15, 0.2) is 12.7 Å². The van der Waals surface area contributed by atoms with E-state index in [9.17, 15) is 0 Å². The van der Waals surface area contributed by atoms with Crippen molar-refractivity contribution < 1.29 is 10.8 Å². The fourth-order valence-electron chi connectivity index (χ4n) is 0. The molecule has 0 aromatic heterocycles. The summed E-state index contributed by atoms with van der Waals surface area (Å²) in [6.07, 6.45) is 1.75. The van der Waals surface area contributed by atoms with Gasteiger partial charge in [0, 0.05) is 0 Å². The van der Waals surface area contributed by atoms with Crippen molar-refractivity contribution in [2.45, 2.75) is 6.92 Å². The fourth-order valence-corrected chi connectivity index (χ4v) is 0. The van der Waals surface area contributed by atoms with Gasteiger partial charge in [0.1, 0.15) is 0 Å². The van der Waals surface area contributed by atoms with Gasteiger partial charge in [-0.3, -0.25) is 0 Å². The Kier molecular flexibility index (Phi) is 28.4. The normalized spacial score (nSPS) is 5.83. The Morgan fingerprint density at radius 3 is 1.67 bits per heavy atom. The summed E-state index contributed by atoms with van der Waals surface area (Å²) in [6, 6.07) is 0. The van der Waals surface area contributed by atoms with Crippen LogP contribution in [0.5, 0.6) is 0 Å². The van der Waals surface area contributed by atoms with Crippen LogP contribution >= 0.6 is 39.0 Å². The van der Waals surface area contributed by atoms with Crippen molar-refractivity contribution in [3.05, 3.63) is 12.7 Å². The van der Waals surface area contributed by atoms with Crippen molar-refractivity contribution in [2.24, 2.45) is 0 Å². The first kappa shape index (κ1) is 10.8. The zero-order valence-corrected chi connectivity index (χ0v) is 9.23. The number of halogens is 2. The van der Waals surface area contributed by atoms with E-state index in [4.69, 9.17) is 0 Å². The van der Waals surface area contributed by atoms with Crippen LogP contribution in [0.2, 0.25) is 0 Å². The van der Waals surface area contributed by atoms with Crippen molar-refractivity contribution in [1.29, 1.82) is 0 Å². The summed E-state index contributed by atoms with van der Waals surface area (Å²) in [6.45, 7) is 5.25. The second-order valence-electron chi connectivity index (χ2n) is 0.453. The van der Waals surface area contributed by atoms with Crippen LogP contribution in [0.3, 0.4) is 0 Å². The number of allylic oxidation sites excluding steroid dienone is 1. The Balaban J connectivity index is 0. The molecule has 0 nitrogen and oxygen atoms in total.